The van der Waals surface area contributed by atoms with E-state index < -0.39 is 6.10 Å². The average molecular weight is 298 g/mol. The van der Waals surface area contributed by atoms with Crippen molar-refractivity contribution in [2.45, 2.75) is 39.7 Å². The van der Waals surface area contributed by atoms with Crippen LogP contribution < -0.4 is 0 Å². The maximum absolute atomic E-state index is 11.3. The molecule has 0 heterocycles. The lowest BCUT2D eigenvalue weighted by molar-refractivity contribution is -0.155. The zero-order valence-corrected chi connectivity index (χ0v) is 13.2. The van der Waals surface area contributed by atoms with Crippen LogP contribution >= 0.6 is 0 Å². The third-order valence-electron chi connectivity index (χ3n) is 2.23. The lowest BCUT2D eigenvalue weighted by atomic mass is 9.98. The number of carbonyl (C=O) groups excluding carboxylic acids is 2. The molecule has 0 spiro atoms. The second kappa shape index (κ2) is 10.2. The third kappa shape index (κ3) is 11.9. The summed E-state index contributed by atoms with van der Waals surface area (Å²) in [6.45, 7) is 13.6. The van der Waals surface area contributed by atoms with Crippen LogP contribution in [-0.2, 0) is 23.8 Å². The summed E-state index contributed by atoms with van der Waals surface area (Å²) in [5.41, 5.74) is -0.0332. The molecule has 0 saturated carbocycles. The molecule has 0 rings (SSSR count). The fourth-order valence-electron chi connectivity index (χ4n) is 1.24. The minimum atomic E-state index is -0.480. The summed E-state index contributed by atoms with van der Waals surface area (Å²) in [6, 6.07) is 0. The van der Waals surface area contributed by atoms with Crippen molar-refractivity contribution in [3.8, 4) is 0 Å². The molecule has 0 bridgehead atoms. The van der Waals surface area contributed by atoms with Crippen LogP contribution in [0.25, 0.3) is 0 Å². The molecule has 21 heavy (non-hydrogen) atoms. The molecule has 0 saturated heterocycles. The van der Waals surface area contributed by atoms with Crippen molar-refractivity contribution in [1.29, 1.82) is 0 Å². The molecule has 5 heteroatoms. The third-order valence-corrected chi connectivity index (χ3v) is 2.23. The van der Waals surface area contributed by atoms with Gasteiger partial charge in [0.05, 0.1) is 19.4 Å². The summed E-state index contributed by atoms with van der Waals surface area (Å²) < 4.78 is 15.8. The molecule has 0 aromatic rings. The van der Waals surface area contributed by atoms with Crippen molar-refractivity contribution < 1.29 is 23.8 Å². The maximum atomic E-state index is 11.3. The quantitative estimate of drug-likeness (QED) is 0.458. The molecule has 5 nitrogen and oxygen atoms in total. The summed E-state index contributed by atoms with van der Waals surface area (Å²) >= 11 is 0. The lowest BCUT2D eigenvalue weighted by Gasteiger charge is -2.23. The van der Waals surface area contributed by atoms with Gasteiger partial charge in [-0.2, -0.15) is 0 Å². The van der Waals surface area contributed by atoms with E-state index in [-0.39, 0.29) is 43.4 Å². The molecule has 0 unspecified atom stereocenters. The highest BCUT2D eigenvalue weighted by molar-refractivity contribution is 5.71. The Morgan fingerprint density at radius 3 is 1.76 bits per heavy atom. The Morgan fingerprint density at radius 2 is 1.43 bits per heavy atom. The molecule has 0 aromatic heterocycles. The SMILES string of the molecule is C=CCC(=O)OCC(COC(=O)CC=C)OCC(C)(C)C. The van der Waals surface area contributed by atoms with Crippen molar-refractivity contribution in [3.05, 3.63) is 25.3 Å². The fraction of sp³-hybridized carbons (Fsp3) is 0.625. The minimum absolute atomic E-state index is 0.0332. The molecule has 0 aliphatic rings. The number of esters is 2. The van der Waals surface area contributed by atoms with Gasteiger partial charge in [-0.25, -0.2) is 0 Å². The van der Waals surface area contributed by atoms with E-state index in [9.17, 15) is 9.59 Å². The molecule has 120 valence electrons. The van der Waals surface area contributed by atoms with E-state index >= 15 is 0 Å². The van der Waals surface area contributed by atoms with Crippen molar-refractivity contribution in [3.63, 3.8) is 0 Å². The number of hydrogen-bond donors (Lipinski definition) is 0. The molecule has 0 aliphatic carbocycles. The summed E-state index contributed by atoms with van der Waals surface area (Å²) in [6.07, 6.45) is 2.74. The largest absolute Gasteiger partial charge is 0.463 e. The van der Waals surface area contributed by atoms with Crippen LogP contribution in [0.2, 0.25) is 0 Å². The van der Waals surface area contributed by atoms with Crippen molar-refractivity contribution in [2.75, 3.05) is 19.8 Å². The van der Waals surface area contributed by atoms with Crippen molar-refractivity contribution in [1.82, 2.24) is 0 Å². The van der Waals surface area contributed by atoms with Gasteiger partial charge >= 0.3 is 11.9 Å². The first kappa shape index (κ1) is 19.4. The van der Waals surface area contributed by atoms with Crippen LogP contribution in [0.3, 0.4) is 0 Å². The summed E-state index contributed by atoms with van der Waals surface area (Å²) in [5, 5.41) is 0. The first-order valence-electron chi connectivity index (χ1n) is 6.93. The van der Waals surface area contributed by atoms with Gasteiger partial charge < -0.3 is 14.2 Å². The fourth-order valence-corrected chi connectivity index (χ4v) is 1.24. The Bertz CT molecular complexity index is 328. The van der Waals surface area contributed by atoms with Crippen molar-refractivity contribution in [2.24, 2.45) is 5.41 Å². The molecule has 0 radical (unpaired) electrons. The molecular weight excluding hydrogens is 272 g/mol. The molecular formula is C16H26O5. The summed E-state index contributed by atoms with van der Waals surface area (Å²) in [5.74, 6) is -0.765. The van der Waals surface area contributed by atoms with Crippen LogP contribution in [0.15, 0.2) is 25.3 Å². The van der Waals surface area contributed by atoms with E-state index in [1.165, 1.54) is 12.2 Å². The highest BCUT2D eigenvalue weighted by Gasteiger charge is 2.19. The Morgan fingerprint density at radius 1 is 1.00 bits per heavy atom. The zero-order chi connectivity index (χ0) is 16.3. The van der Waals surface area contributed by atoms with Gasteiger partial charge in [0.25, 0.3) is 0 Å². The van der Waals surface area contributed by atoms with E-state index in [1.54, 1.807) is 0 Å². The van der Waals surface area contributed by atoms with Gasteiger partial charge in [-0.15, -0.1) is 13.2 Å². The highest BCUT2D eigenvalue weighted by atomic mass is 16.6. The smallest absolute Gasteiger partial charge is 0.309 e. The van der Waals surface area contributed by atoms with Gasteiger partial charge in [-0.05, 0) is 5.41 Å². The van der Waals surface area contributed by atoms with E-state index in [0.29, 0.717) is 6.61 Å². The predicted octanol–water partition coefficient (Wildman–Crippen LogP) is 2.66. The second-order valence-electron chi connectivity index (χ2n) is 5.85. The standard InChI is InChI=1S/C16H26O5/c1-6-8-14(17)19-10-13(21-12-16(3,4)5)11-20-15(18)9-7-2/h6-7,13H,1-2,8-12H2,3-5H3. The van der Waals surface area contributed by atoms with Crippen molar-refractivity contribution >= 4 is 11.9 Å². The van der Waals surface area contributed by atoms with Gasteiger partial charge in [0, 0.05) is 0 Å². The highest BCUT2D eigenvalue weighted by Crippen LogP contribution is 2.14. The van der Waals surface area contributed by atoms with E-state index in [1.807, 2.05) is 20.8 Å². The van der Waals surface area contributed by atoms with Crippen LogP contribution in [0.1, 0.15) is 33.6 Å². The Kier molecular flexibility index (Phi) is 9.37. The van der Waals surface area contributed by atoms with E-state index in [4.69, 9.17) is 14.2 Å². The van der Waals surface area contributed by atoms with Crippen LogP contribution in [0, 0.1) is 5.41 Å². The first-order valence-corrected chi connectivity index (χ1v) is 6.93. The summed E-state index contributed by atoms with van der Waals surface area (Å²) in [7, 11) is 0. The van der Waals surface area contributed by atoms with Gasteiger partial charge in [0.1, 0.15) is 19.3 Å². The first-order chi connectivity index (χ1) is 9.78. The molecule has 0 aromatic carbocycles. The average Bonchev–Trinajstić information content (AvgIpc) is 2.37. The lowest BCUT2D eigenvalue weighted by Crippen LogP contribution is -2.31. The van der Waals surface area contributed by atoms with Crippen LogP contribution in [0.4, 0.5) is 0 Å². The number of rotatable bonds is 10. The Balaban J connectivity index is 4.32. The topological polar surface area (TPSA) is 61.8 Å². The Hall–Kier alpha value is -1.62. The summed E-state index contributed by atoms with van der Waals surface area (Å²) in [4.78, 5) is 22.6. The van der Waals surface area contributed by atoms with Gasteiger partial charge in [-0.3, -0.25) is 9.59 Å². The number of carbonyl (C=O) groups is 2. The maximum Gasteiger partial charge on any atom is 0.309 e. The van der Waals surface area contributed by atoms with Gasteiger partial charge in [-0.1, -0.05) is 32.9 Å². The number of hydrogen-bond acceptors (Lipinski definition) is 5. The molecule has 0 amide bonds. The molecule has 0 aliphatic heterocycles. The van der Waals surface area contributed by atoms with Crippen LogP contribution in [-0.4, -0.2) is 37.9 Å². The second-order valence-corrected chi connectivity index (χ2v) is 5.85. The monoisotopic (exact) mass is 298 g/mol. The van der Waals surface area contributed by atoms with Gasteiger partial charge in [0.15, 0.2) is 0 Å². The minimum Gasteiger partial charge on any atom is -0.463 e. The van der Waals surface area contributed by atoms with Crippen LogP contribution in [0.5, 0.6) is 0 Å². The molecule has 0 atom stereocenters. The molecule has 0 fully saturated rings. The number of ether oxygens (including phenoxy) is 3. The normalized spacial score (nSPS) is 11.0. The Labute approximate surface area is 126 Å². The van der Waals surface area contributed by atoms with E-state index in [2.05, 4.69) is 13.2 Å². The predicted molar refractivity (Wildman–Crippen MR) is 80.7 cm³/mol. The van der Waals surface area contributed by atoms with E-state index in [0.717, 1.165) is 0 Å². The molecule has 0 N–H and O–H groups in total. The van der Waals surface area contributed by atoms with Gasteiger partial charge in [0.2, 0.25) is 0 Å². The zero-order valence-electron chi connectivity index (χ0n) is 13.2.